The van der Waals surface area contributed by atoms with Gasteiger partial charge in [-0.05, 0) is 36.8 Å². The van der Waals surface area contributed by atoms with Crippen molar-refractivity contribution in [3.8, 4) is 17.2 Å². The SMILES string of the molecule is C=CCc1cc(C(=O)N(C)Cc2cc(Br)ccc2OC)cc(OC)c1OC. The van der Waals surface area contributed by atoms with E-state index in [2.05, 4.69) is 22.5 Å². The highest BCUT2D eigenvalue weighted by Crippen LogP contribution is 2.34. The largest absolute Gasteiger partial charge is 0.496 e. The van der Waals surface area contributed by atoms with Crippen molar-refractivity contribution in [1.82, 2.24) is 4.90 Å². The van der Waals surface area contributed by atoms with Gasteiger partial charge in [-0.15, -0.1) is 6.58 Å². The molecule has 6 heteroatoms. The monoisotopic (exact) mass is 433 g/mol. The van der Waals surface area contributed by atoms with Crippen LogP contribution in [0, 0.1) is 0 Å². The Morgan fingerprint density at radius 1 is 1.07 bits per heavy atom. The molecule has 0 bridgehead atoms. The van der Waals surface area contributed by atoms with E-state index in [0.717, 1.165) is 21.3 Å². The Kier molecular flexibility index (Phi) is 7.30. The molecule has 2 aromatic carbocycles. The molecule has 0 aromatic heterocycles. The van der Waals surface area contributed by atoms with Crippen LogP contribution in [0.25, 0.3) is 0 Å². The molecule has 0 aliphatic rings. The molecule has 0 aliphatic heterocycles. The number of amides is 1. The van der Waals surface area contributed by atoms with Crippen molar-refractivity contribution in [2.24, 2.45) is 0 Å². The molecule has 1 amide bonds. The lowest BCUT2D eigenvalue weighted by Gasteiger charge is -2.21. The minimum atomic E-state index is -0.122. The number of hydrogen-bond donors (Lipinski definition) is 0. The third-order valence-corrected chi connectivity index (χ3v) is 4.66. The molecule has 0 heterocycles. The molecule has 144 valence electrons. The zero-order valence-electron chi connectivity index (χ0n) is 16.0. The number of benzene rings is 2. The number of carbonyl (C=O) groups excluding carboxylic acids is 1. The molecule has 0 saturated heterocycles. The first-order valence-corrected chi connectivity index (χ1v) is 9.18. The number of methoxy groups -OCH3 is 3. The van der Waals surface area contributed by atoms with Crippen LogP contribution in [0.4, 0.5) is 0 Å². The van der Waals surface area contributed by atoms with Gasteiger partial charge in [0, 0.05) is 34.8 Å². The van der Waals surface area contributed by atoms with Crippen molar-refractivity contribution < 1.29 is 19.0 Å². The zero-order chi connectivity index (χ0) is 20.0. The molecule has 0 radical (unpaired) electrons. The normalized spacial score (nSPS) is 10.3. The van der Waals surface area contributed by atoms with Crippen LogP contribution in [0.1, 0.15) is 21.5 Å². The molecule has 0 fully saturated rings. The maximum Gasteiger partial charge on any atom is 0.254 e. The van der Waals surface area contributed by atoms with E-state index in [-0.39, 0.29) is 5.91 Å². The molecule has 2 rings (SSSR count). The fraction of sp³-hybridized carbons (Fsp3) is 0.286. The van der Waals surface area contributed by atoms with Gasteiger partial charge in [-0.1, -0.05) is 22.0 Å². The lowest BCUT2D eigenvalue weighted by Crippen LogP contribution is -2.26. The smallest absolute Gasteiger partial charge is 0.254 e. The van der Waals surface area contributed by atoms with Crippen molar-refractivity contribution in [3.05, 3.63) is 64.1 Å². The number of carbonyl (C=O) groups is 1. The van der Waals surface area contributed by atoms with E-state index < -0.39 is 0 Å². The minimum Gasteiger partial charge on any atom is -0.496 e. The second-order valence-corrected chi connectivity index (χ2v) is 6.90. The molecule has 0 N–H and O–H groups in total. The van der Waals surface area contributed by atoms with Crippen molar-refractivity contribution in [2.75, 3.05) is 28.4 Å². The summed E-state index contributed by atoms with van der Waals surface area (Å²) in [6.07, 6.45) is 2.34. The van der Waals surface area contributed by atoms with Crippen molar-refractivity contribution in [3.63, 3.8) is 0 Å². The number of ether oxygens (including phenoxy) is 3. The van der Waals surface area contributed by atoms with Gasteiger partial charge in [0.25, 0.3) is 5.91 Å². The number of hydrogen-bond acceptors (Lipinski definition) is 4. The summed E-state index contributed by atoms with van der Waals surface area (Å²) in [6.45, 7) is 4.18. The Labute approximate surface area is 168 Å². The van der Waals surface area contributed by atoms with Gasteiger partial charge in [-0.3, -0.25) is 4.79 Å². The Balaban J connectivity index is 2.35. The average Bonchev–Trinajstić information content (AvgIpc) is 2.67. The van der Waals surface area contributed by atoms with Crippen LogP contribution in [-0.2, 0) is 13.0 Å². The van der Waals surface area contributed by atoms with Crippen molar-refractivity contribution in [1.29, 1.82) is 0 Å². The summed E-state index contributed by atoms with van der Waals surface area (Å²) >= 11 is 3.46. The number of allylic oxidation sites excluding steroid dienone is 1. The van der Waals surface area contributed by atoms with Gasteiger partial charge in [0.2, 0.25) is 0 Å². The van der Waals surface area contributed by atoms with Crippen LogP contribution in [0.2, 0.25) is 0 Å². The van der Waals surface area contributed by atoms with E-state index in [1.165, 1.54) is 0 Å². The average molecular weight is 434 g/mol. The van der Waals surface area contributed by atoms with Gasteiger partial charge in [-0.2, -0.15) is 0 Å². The second-order valence-electron chi connectivity index (χ2n) is 5.98. The summed E-state index contributed by atoms with van der Waals surface area (Å²) in [6, 6.07) is 9.24. The standard InChI is InChI=1S/C21H24BrNO4/c1-6-7-14-10-15(12-19(26-4)20(14)27-5)21(24)23(2)13-16-11-17(22)8-9-18(16)25-3/h6,8-12H,1,7,13H2,2-5H3. The molecule has 0 unspecified atom stereocenters. The van der Waals surface area contributed by atoms with Crippen LogP contribution >= 0.6 is 15.9 Å². The molecule has 2 aromatic rings. The van der Waals surface area contributed by atoms with E-state index in [1.54, 1.807) is 45.4 Å². The van der Waals surface area contributed by atoms with Crippen molar-refractivity contribution >= 4 is 21.8 Å². The molecule has 5 nitrogen and oxygen atoms in total. The first kappa shape index (κ1) is 20.8. The van der Waals surface area contributed by atoms with E-state index >= 15 is 0 Å². The van der Waals surface area contributed by atoms with Crippen LogP contribution in [-0.4, -0.2) is 39.2 Å². The molecule has 27 heavy (non-hydrogen) atoms. The van der Waals surface area contributed by atoms with Gasteiger partial charge in [-0.25, -0.2) is 0 Å². The van der Waals surface area contributed by atoms with Crippen molar-refractivity contribution in [2.45, 2.75) is 13.0 Å². The zero-order valence-corrected chi connectivity index (χ0v) is 17.6. The predicted octanol–water partition coefficient (Wildman–Crippen LogP) is 4.48. The highest BCUT2D eigenvalue weighted by Gasteiger charge is 2.19. The predicted molar refractivity (Wildman–Crippen MR) is 110 cm³/mol. The van der Waals surface area contributed by atoms with Crippen LogP contribution in [0.15, 0.2) is 47.5 Å². The summed E-state index contributed by atoms with van der Waals surface area (Å²) in [5.74, 6) is 1.75. The van der Waals surface area contributed by atoms with Crippen LogP contribution in [0.5, 0.6) is 17.2 Å². The third-order valence-electron chi connectivity index (χ3n) is 4.16. The highest BCUT2D eigenvalue weighted by molar-refractivity contribution is 9.10. The molecule has 0 atom stereocenters. The topological polar surface area (TPSA) is 48.0 Å². The van der Waals surface area contributed by atoms with Crippen LogP contribution < -0.4 is 14.2 Å². The molecular formula is C21H24BrNO4. The summed E-state index contributed by atoms with van der Waals surface area (Å²) in [4.78, 5) is 14.7. The third kappa shape index (κ3) is 4.83. The highest BCUT2D eigenvalue weighted by atomic mass is 79.9. The van der Waals surface area contributed by atoms with Gasteiger partial charge < -0.3 is 19.1 Å². The maximum atomic E-state index is 13.0. The van der Waals surface area contributed by atoms with Gasteiger partial charge in [0.15, 0.2) is 11.5 Å². The second kappa shape index (κ2) is 9.46. The lowest BCUT2D eigenvalue weighted by atomic mass is 10.0. The first-order chi connectivity index (χ1) is 12.9. The summed E-state index contributed by atoms with van der Waals surface area (Å²) in [5, 5.41) is 0. The van der Waals surface area contributed by atoms with E-state index in [9.17, 15) is 4.79 Å². The summed E-state index contributed by atoms with van der Waals surface area (Å²) in [5.41, 5.74) is 2.29. The van der Waals surface area contributed by atoms with E-state index in [1.807, 2.05) is 24.3 Å². The quantitative estimate of drug-likeness (QED) is 0.575. The summed E-state index contributed by atoms with van der Waals surface area (Å²) in [7, 11) is 6.51. The first-order valence-electron chi connectivity index (χ1n) is 8.38. The number of rotatable bonds is 8. The molecule has 0 saturated carbocycles. The van der Waals surface area contributed by atoms with Gasteiger partial charge in [0.05, 0.1) is 21.3 Å². The van der Waals surface area contributed by atoms with Gasteiger partial charge >= 0.3 is 0 Å². The minimum absolute atomic E-state index is 0.122. The Bertz CT molecular complexity index is 835. The lowest BCUT2D eigenvalue weighted by molar-refractivity contribution is 0.0783. The van der Waals surface area contributed by atoms with E-state index in [0.29, 0.717) is 30.0 Å². The maximum absolute atomic E-state index is 13.0. The fourth-order valence-corrected chi connectivity index (χ4v) is 3.30. The summed E-state index contributed by atoms with van der Waals surface area (Å²) < 4.78 is 17.2. The Morgan fingerprint density at radius 3 is 2.37 bits per heavy atom. The molecule has 0 spiro atoms. The number of halogens is 1. The van der Waals surface area contributed by atoms with Crippen LogP contribution in [0.3, 0.4) is 0 Å². The Hall–Kier alpha value is -2.47. The van der Waals surface area contributed by atoms with Gasteiger partial charge in [0.1, 0.15) is 5.75 Å². The number of nitrogens with zero attached hydrogens (tertiary/aromatic N) is 1. The Morgan fingerprint density at radius 2 is 1.78 bits per heavy atom. The van der Waals surface area contributed by atoms with E-state index in [4.69, 9.17) is 14.2 Å². The molecular weight excluding hydrogens is 410 g/mol. The molecule has 0 aliphatic carbocycles. The fourth-order valence-electron chi connectivity index (χ4n) is 2.89.